The zero-order chi connectivity index (χ0) is 11.1. The lowest BCUT2D eigenvalue weighted by Crippen LogP contribution is -2.22. The van der Waals surface area contributed by atoms with Gasteiger partial charge in [0, 0.05) is 24.8 Å². The van der Waals surface area contributed by atoms with E-state index in [2.05, 4.69) is 41.4 Å². The normalized spacial score (nSPS) is 10.7. The molecule has 0 unspecified atom stereocenters. The standard InChI is InChI=1S/C11H20N4/c1-4-12-5-6-13-11-7-10(9(2)3)14-8-15-11/h7-9,12H,4-6H2,1-3H3,(H,13,14,15). The predicted molar refractivity (Wildman–Crippen MR) is 63.2 cm³/mol. The molecule has 0 saturated carbocycles. The smallest absolute Gasteiger partial charge is 0.129 e. The van der Waals surface area contributed by atoms with Crippen molar-refractivity contribution in [2.45, 2.75) is 26.7 Å². The van der Waals surface area contributed by atoms with Gasteiger partial charge in [0.2, 0.25) is 0 Å². The second-order valence-corrected chi connectivity index (χ2v) is 3.76. The maximum atomic E-state index is 4.22. The van der Waals surface area contributed by atoms with Crippen LogP contribution in [-0.4, -0.2) is 29.6 Å². The van der Waals surface area contributed by atoms with E-state index in [1.54, 1.807) is 6.33 Å². The lowest BCUT2D eigenvalue weighted by Gasteiger charge is -2.08. The van der Waals surface area contributed by atoms with Crippen LogP contribution in [0.5, 0.6) is 0 Å². The Kier molecular flexibility index (Phi) is 5.04. The van der Waals surface area contributed by atoms with Gasteiger partial charge < -0.3 is 10.6 Å². The zero-order valence-electron chi connectivity index (χ0n) is 9.75. The van der Waals surface area contributed by atoms with Crippen LogP contribution >= 0.6 is 0 Å². The summed E-state index contributed by atoms with van der Waals surface area (Å²) in [6.07, 6.45) is 1.62. The van der Waals surface area contributed by atoms with E-state index in [9.17, 15) is 0 Å². The summed E-state index contributed by atoms with van der Waals surface area (Å²) < 4.78 is 0. The summed E-state index contributed by atoms with van der Waals surface area (Å²) in [4.78, 5) is 8.39. The molecule has 0 aromatic carbocycles. The Hall–Kier alpha value is -1.16. The van der Waals surface area contributed by atoms with Gasteiger partial charge in [-0.3, -0.25) is 0 Å². The van der Waals surface area contributed by atoms with Gasteiger partial charge in [0.1, 0.15) is 12.1 Å². The van der Waals surface area contributed by atoms with Crippen LogP contribution in [0.1, 0.15) is 32.4 Å². The van der Waals surface area contributed by atoms with Crippen LogP contribution in [0.2, 0.25) is 0 Å². The summed E-state index contributed by atoms with van der Waals surface area (Å²) in [5.41, 5.74) is 1.08. The molecule has 4 heteroatoms. The summed E-state index contributed by atoms with van der Waals surface area (Å²) >= 11 is 0. The molecule has 0 aliphatic heterocycles. The third-order valence-electron chi connectivity index (χ3n) is 2.14. The van der Waals surface area contributed by atoms with Crippen molar-refractivity contribution in [3.05, 3.63) is 18.1 Å². The molecule has 0 atom stereocenters. The molecule has 0 fully saturated rings. The predicted octanol–water partition coefficient (Wildman–Crippen LogP) is 1.62. The Morgan fingerprint density at radius 2 is 2.07 bits per heavy atom. The highest BCUT2D eigenvalue weighted by Crippen LogP contribution is 2.12. The molecule has 2 N–H and O–H groups in total. The summed E-state index contributed by atoms with van der Waals surface area (Å²) in [6.45, 7) is 9.21. The Bertz CT molecular complexity index is 286. The molecule has 1 rings (SSSR count). The first-order valence-corrected chi connectivity index (χ1v) is 5.50. The second kappa shape index (κ2) is 6.35. The maximum Gasteiger partial charge on any atom is 0.129 e. The largest absolute Gasteiger partial charge is 0.369 e. The minimum atomic E-state index is 0.447. The molecule has 0 spiro atoms. The molecule has 1 aromatic heterocycles. The molecule has 0 aliphatic rings. The number of hydrogen-bond acceptors (Lipinski definition) is 4. The molecular weight excluding hydrogens is 188 g/mol. The lowest BCUT2D eigenvalue weighted by molar-refractivity contribution is 0.736. The van der Waals surface area contributed by atoms with Crippen molar-refractivity contribution < 1.29 is 0 Å². The van der Waals surface area contributed by atoms with E-state index in [1.807, 2.05) is 6.07 Å². The molecule has 1 heterocycles. The number of nitrogens with one attached hydrogen (secondary N) is 2. The monoisotopic (exact) mass is 208 g/mol. The first-order valence-electron chi connectivity index (χ1n) is 5.50. The van der Waals surface area contributed by atoms with Crippen molar-refractivity contribution in [1.82, 2.24) is 15.3 Å². The molecule has 0 amide bonds. The number of rotatable bonds is 6. The van der Waals surface area contributed by atoms with E-state index in [1.165, 1.54) is 0 Å². The van der Waals surface area contributed by atoms with E-state index < -0.39 is 0 Å². The highest BCUT2D eigenvalue weighted by molar-refractivity contribution is 5.35. The van der Waals surface area contributed by atoms with Crippen LogP contribution < -0.4 is 10.6 Å². The van der Waals surface area contributed by atoms with Gasteiger partial charge >= 0.3 is 0 Å². The van der Waals surface area contributed by atoms with Crippen molar-refractivity contribution in [1.29, 1.82) is 0 Å². The third-order valence-corrected chi connectivity index (χ3v) is 2.14. The number of nitrogens with zero attached hydrogens (tertiary/aromatic N) is 2. The van der Waals surface area contributed by atoms with E-state index in [-0.39, 0.29) is 0 Å². The van der Waals surface area contributed by atoms with Crippen molar-refractivity contribution >= 4 is 5.82 Å². The van der Waals surface area contributed by atoms with Crippen molar-refractivity contribution in [2.75, 3.05) is 25.0 Å². The fourth-order valence-corrected chi connectivity index (χ4v) is 1.24. The second-order valence-electron chi connectivity index (χ2n) is 3.76. The summed E-state index contributed by atoms with van der Waals surface area (Å²) in [5, 5.41) is 6.51. The van der Waals surface area contributed by atoms with E-state index in [0.717, 1.165) is 31.1 Å². The molecular formula is C11H20N4. The number of likely N-dealkylation sites (N-methyl/N-ethyl adjacent to an activating group) is 1. The zero-order valence-corrected chi connectivity index (χ0v) is 9.75. The van der Waals surface area contributed by atoms with Gasteiger partial charge in [-0.2, -0.15) is 0 Å². The summed E-state index contributed by atoms with van der Waals surface area (Å²) in [6, 6.07) is 2.01. The molecule has 0 aliphatic carbocycles. The topological polar surface area (TPSA) is 49.8 Å². The Morgan fingerprint density at radius 1 is 1.27 bits per heavy atom. The van der Waals surface area contributed by atoms with Crippen LogP contribution in [0.15, 0.2) is 12.4 Å². The van der Waals surface area contributed by atoms with E-state index in [4.69, 9.17) is 0 Å². The van der Waals surface area contributed by atoms with Gasteiger partial charge in [-0.1, -0.05) is 20.8 Å². The van der Waals surface area contributed by atoms with Gasteiger partial charge in [-0.15, -0.1) is 0 Å². The fraction of sp³-hybridized carbons (Fsp3) is 0.636. The van der Waals surface area contributed by atoms with E-state index in [0.29, 0.717) is 5.92 Å². The number of anilines is 1. The highest BCUT2D eigenvalue weighted by atomic mass is 15.0. The van der Waals surface area contributed by atoms with Gasteiger partial charge in [-0.25, -0.2) is 9.97 Å². The van der Waals surface area contributed by atoms with Gasteiger partial charge in [-0.05, 0) is 12.5 Å². The van der Waals surface area contributed by atoms with Gasteiger partial charge in [0.05, 0.1) is 0 Å². The molecule has 1 aromatic rings. The fourth-order valence-electron chi connectivity index (χ4n) is 1.24. The molecule has 4 nitrogen and oxygen atoms in total. The van der Waals surface area contributed by atoms with Crippen LogP contribution in [0.3, 0.4) is 0 Å². The Balaban J connectivity index is 2.43. The molecule has 0 bridgehead atoms. The first kappa shape index (κ1) is 11.9. The average molecular weight is 208 g/mol. The summed E-state index contributed by atoms with van der Waals surface area (Å²) in [5.74, 6) is 1.36. The Labute approximate surface area is 91.5 Å². The molecule has 0 saturated heterocycles. The minimum absolute atomic E-state index is 0.447. The number of aromatic nitrogens is 2. The molecule has 84 valence electrons. The lowest BCUT2D eigenvalue weighted by atomic mass is 10.1. The van der Waals surface area contributed by atoms with Crippen molar-refractivity contribution in [2.24, 2.45) is 0 Å². The third kappa shape index (κ3) is 4.25. The quantitative estimate of drug-likeness (QED) is 0.697. The molecule has 15 heavy (non-hydrogen) atoms. The highest BCUT2D eigenvalue weighted by Gasteiger charge is 2.01. The SMILES string of the molecule is CCNCCNc1cc(C(C)C)ncn1. The first-order chi connectivity index (χ1) is 7.24. The van der Waals surface area contributed by atoms with Crippen LogP contribution in [0, 0.1) is 0 Å². The van der Waals surface area contributed by atoms with E-state index >= 15 is 0 Å². The van der Waals surface area contributed by atoms with Gasteiger partial charge in [0.15, 0.2) is 0 Å². The van der Waals surface area contributed by atoms with Crippen LogP contribution in [0.4, 0.5) is 5.82 Å². The Morgan fingerprint density at radius 3 is 2.73 bits per heavy atom. The van der Waals surface area contributed by atoms with Crippen molar-refractivity contribution in [3.8, 4) is 0 Å². The maximum absolute atomic E-state index is 4.22. The van der Waals surface area contributed by atoms with Gasteiger partial charge in [0.25, 0.3) is 0 Å². The summed E-state index contributed by atoms with van der Waals surface area (Å²) in [7, 11) is 0. The minimum Gasteiger partial charge on any atom is -0.369 e. The number of hydrogen-bond donors (Lipinski definition) is 2. The van der Waals surface area contributed by atoms with Crippen LogP contribution in [0.25, 0.3) is 0 Å². The molecule has 0 radical (unpaired) electrons. The van der Waals surface area contributed by atoms with Crippen molar-refractivity contribution in [3.63, 3.8) is 0 Å². The average Bonchev–Trinajstić information content (AvgIpc) is 2.25. The van der Waals surface area contributed by atoms with Crippen LogP contribution in [-0.2, 0) is 0 Å².